The maximum atomic E-state index is 12.0. The molecule has 0 radical (unpaired) electrons. The molecule has 0 heterocycles. The third kappa shape index (κ3) is 18.0. The number of benzene rings is 1. The second-order valence-corrected chi connectivity index (χ2v) is 10.3. The van der Waals surface area contributed by atoms with Crippen LogP contribution in [-0.4, -0.2) is 30.9 Å². The highest BCUT2D eigenvalue weighted by molar-refractivity contribution is 5.69. The first-order valence-electron chi connectivity index (χ1n) is 13.9. The molecule has 34 heavy (non-hydrogen) atoms. The first-order chi connectivity index (χ1) is 16.4. The van der Waals surface area contributed by atoms with E-state index in [1.165, 1.54) is 69.8 Å². The number of esters is 1. The van der Waals surface area contributed by atoms with Crippen LogP contribution in [0.25, 0.3) is 0 Å². The van der Waals surface area contributed by atoms with Crippen LogP contribution in [0.15, 0.2) is 30.3 Å². The molecule has 0 fully saturated rings. The van der Waals surface area contributed by atoms with Crippen LogP contribution in [0.1, 0.15) is 123 Å². The van der Waals surface area contributed by atoms with Crippen molar-refractivity contribution in [3.8, 4) is 0 Å². The number of rotatable bonds is 22. The zero-order valence-corrected chi connectivity index (χ0v) is 22.6. The van der Waals surface area contributed by atoms with Crippen molar-refractivity contribution in [3.05, 3.63) is 35.9 Å². The van der Waals surface area contributed by atoms with Crippen LogP contribution in [0.3, 0.4) is 0 Å². The van der Waals surface area contributed by atoms with Gasteiger partial charge < -0.3 is 14.2 Å². The molecule has 0 aromatic heterocycles. The zero-order chi connectivity index (χ0) is 24.9. The van der Waals surface area contributed by atoms with Crippen molar-refractivity contribution in [2.24, 2.45) is 0 Å². The Morgan fingerprint density at radius 1 is 0.824 bits per heavy atom. The van der Waals surface area contributed by atoms with Crippen molar-refractivity contribution in [2.75, 3.05) is 13.2 Å². The van der Waals surface area contributed by atoms with E-state index in [4.69, 9.17) is 14.2 Å². The smallest absolute Gasteiger partial charge is 0.308 e. The summed E-state index contributed by atoms with van der Waals surface area (Å²) >= 11 is 0. The molecule has 4 heteroatoms. The summed E-state index contributed by atoms with van der Waals surface area (Å²) in [6, 6.07) is 10.2. The Kier molecular flexibility index (Phi) is 17.9. The van der Waals surface area contributed by atoms with Gasteiger partial charge in [-0.15, -0.1) is 0 Å². The SMILES string of the molecule is CCCCCCCCCCCCCCOC(=O)CC(C)OCCC(C)(C)OCc1ccccc1. The minimum absolute atomic E-state index is 0.139. The van der Waals surface area contributed by atoms with E-state index < -0.39 is 0 Å². The Morgan fingerprint density at radius 3 is 1.97 bits per heavy atom. The standard InChI is InChI=1S/C30H52O4/c1-5-6-7-8-9-10-11-12-13-14-15-19-23-33-29(31)25-27(2)32-24-22-30(3,4)34-26-28-20-17-16-18-21-28/h16-18,20-21,27H,5-15,19,22-26H2,1-4H3. The normalized spacial score (nSPS) is 12.6. The zero-order valence-electron chi connectivity index (χ0n) is 22.6. The lowest BCUT2D eigenvalue weighted by Gasteiger charge is -2.26. The molecule has 0 aliphatic carbocycles. The van der Waals surface area contributed by atoms with Crippen molar-refractivity contribution in [3.63, 3.8) is 0 Å². The first-order valence-corrected chi connectivity index (χ1v) is 13.9. The quantitative estimate of drug-likeness (QED) is 0.124. The lowest BCUT2D eigenvalue weighted by molar-refractivity contribution is -0.147. The number of unbranched alkanes of at least 4 members (excludes halogenated alkanes) is 11. The molecule has 4 nitrogen and oxygen atoms in total. The second-order valence-electron chi connectivity index (χ2n) is 10.3. The Morgan fingerprint density at radius 2 is 1.38 bits per heavy atom. The maximum Gasteiger partial charge on any atom is 0.308 e. The molecule has 0 spiro atoms. The molecule has 0 aliphatic heterocycles. The van der Waals surface area contributed by atoms with E-state index in [1.807, 2.05) is 25.1 Å². The van der Waals surface area contributed by atoms with Crippen molar-refractivity contribution in [1.29, 1.82) is 0 Å². The second kappa shape index (κ2) is 19.9. The molecule has 0 aliphatic rings. The first kappa shape index (κ1) is 30.6. The Bertz CT molecular complexity index is 599. The molecule has 1 unspecified atom stereocenters. The van der Waals surface area contributed by atoms with E-state index in [-0.39, 0.29) is 17.7 Å². The van der Waals surface area contributed by atoms with Gasteiger partial charge in [0.05, 0.1) is 31.3 Å². The van der Waals surface area contributed by atoms with Gasteiger partial charge in [0.15, 0.2) is 0 Å². The van der Waals surface area contributed by atoms with Crippen LogP contribution in [0, 0.1) is 0 Å². The number of carbonyl (C=O) groups is 1. The third-order valence-corrected chi connectivity index (χ3v) is 6.29. The molecular formula is C30H52O4. The van der Waals surface area contributed by atoms with E-state index in [0.29, 0.717) is 26.2 Å². The topological polar surface area (TPSA) is 44.8 Å². The highest BCUT2D eigenvalue weighted by Crippen LogP contribution is 2.18. The molecule has 0 amide bonds. The van der Waals surface area contributed by atoms with Gasteiger partial charge in [-0.2, -0.15) is 0 Å². The summed E-state index contributed by atoms with van der Waals surface area (Å²) in [5, 5.41) is 0. The average molecular weight is 477 g/mol. The summed E-state index contributed by atoms with van der Waals surface area (Å²) < 4.78 is 17.3. The van der Waals surface area contributed by atoms with Gasteiger partial charge in [0.2, 0.25) is 0 Å². The minimum atomic E-state index is -0.273. The van der Waals surface area contributed by atoms with Crippen molar-refractivity contribution in [2.45, 2.75) is 136 Å². The molecule has 1 aromatic rings. The van der Waals surface area contributed by atoms with Crippen LogP contribution in [-0.2, 0) is 25.6 Å². The molecule has 1 aromatic carbocycles. The van der Waals surface area contributed by atoms with Gasteiger partial charge in [-0.1, -0.05) is 108 Å². The number of hydrogen-bond acceptors (Lipinski definition) is 4. The molecule has 1 rings (SSSR count). The summed E-state index contributed by atoms with van der Waals surface area (Å²) in [7, 11) is 0. The Labute approximate surface area is 210 Å². The molecule has 0 saturated carbocycles. The fourth-order valence-corrected chi connectivity index (χ4v) is 3.91. The summed E-state index contributed by atoms with van der Waals surface area (Å²) in [5.74, 6) is -0.157. The number of hydrogen-bond donors (Lipinski definition) is 0. The highest BCUT2D eigenvalue weighted by Gasteiger charge is 2.19. The summed E-state index contributed by atoms with van der Waals surface area (Å²) in [4.78, 5) is 12.0. The monoisotopic (exact) mass is 476 g/mol. The molecule has 0 saturated heterocycles. The fraction of sp³-hybridized carbons (Fsp3) is 0.767. The van der Waals surface area contributed by atoms with Crippen molar-refractivity contribution < 1.29 is 19.0 Å². The van der Waals surface area contributed by atoms with E-state index in [0.717, 1.165) is 19.3 Å². The average Bonchev–Trinajstić information content (AvgIpc) is 2.81. The largest absolute Gasteiger partial charge is 0.466 e. The van der Waals surface area contributed by atoms with E-state index >= 15 is 0 Å². The Balaban J connectivity index is 1.94. The van der Waals surface area contributed by atoms with E-state index in [9.17, 15) is 4.79 Å². The van der Waals surface area contributed by atoms with Crippen LogP contribution in [0.4, 0.5) is 0 Å². The van der Waals surface area contributed by atoms with Gasteiger partial charge >= 0.3 is 5.97 Å². The Hall–Kier alpha value is -1.39. The van der Waals surface area contributed by atoms with E-state index in [2.05, 4.69) is 32.9 Å². The number of carbonyl (C=O) groups excluding carboxylic acids is 1. The van der Waals surface area contributed by atoms with Gasteiger partial charge in [-0.3, -0.25) is 4.79 Å². The van der Waals surface area contributed by atoms with Crippen LogP contribution >= 0.6 is 0 Å². The van der Waals surface area contributed by atoms with Crippen molar-refractivity contribution in [1.82, 2.24) is 0 Å². The van der Waals surface area contributed by atoms with Crippen LogP contribution < -0.4 is 0 Å². The molecule has 196 valence electrons. The van der Waals surface area contributed by atoms with Gasteiger partial charge in [0.25, 0.3) is 0 Å². The summed E-state index contributed by atoms with van der Waals surface area (Å²) in [5.41, 5.74) is 0.894. The lowest BCUT2D eigenvalue weighted by Crippen LogP contribution is -2.27. The summed E-state index contributed by atoms with van der Waals surface area (Å²) in [6.45, 7) is 10.0. The van der Waals surface area contributed by atoms with Crippen LogP contribution in [0.2, 0.25) is 0 Å². The van der Waals surface area contributed by atoms with Gasteiger partial charge in [0, 0.05) is 6.61 Å². The third-order valence-electron chi connectivity index (χ3n) is 6.29. The van der Waals surface area contributed by atoms with Crippen LogP contribution in [0.5, 0.6) is 0 Å². The van der Waals surface area contributed by atoms with E-state index in [1.54, 1.807) is 0 Å². The predicted molar refractivity (Wildman–Crippen MR) is 142 cm³/mol. The molecule has 1 atom stereocenters. The molecule has 0 bridgehead atoms. The summed E-state index contributed by atoms with van der Waals surface area (Å²) in [6.07, 6.45) is 16.6. The molecule has 0 N–H and O–H groups in total. The lowest BCUT2D eigenvalue weighted by atomic mass is 10.1. The molecular weight excluding hydrogens is 424 g/mol. The van der Waals surface area contributed by atoms with Gasteiger partial charge in [0.1, 0.15) is 0 Å². The minimum Gasteiger partial charge on any atom is -0.466 e. The predicted octanol–water partition coefficient (Wildman–Crippen LogP) is 8.41. The van der Waals surface area contributed by atoms with Gasteiger partial charge in [-0.05, 0) is 39.2 Å². The highest BCUT2D eigenvalue weighted by atomic mass is 16.5. The maximum absolute atomic E-state index is 12.0. The fourth-order valence-electron chi connectivity index (χ4n) is 3.91. The van der Waals surface area contributed by atoms with Crippen molar-refractivity contribution >= 4 is 5.97 Å². The number of ether oxygens (including phenoxy) is 3. The van der Waals surface area contributed by atoms with Gasteiger partial charge in [-0.25, -0.2) is 0 Å².